The number of carbonyl (C=O) groups is 3. The summed E-state index contributed by atoms with van der Waals surface area (Å²) in [4.78, 5) is 49.1. The molecule has 2 aromatic heterocycles. The number of nitriles is 1. The first kappa shape index (κ1) is 33.5. The van der Waals surface area contributed by atoms with E-state index in [9.17, 15) is 27.6 Å². The molecule has 0 bridgehead atoms. The molecule has 0 saturated carbocycles. The molecule has 250 valence electrons. The average molecular weight is 655 g/mol. The van der Waals surface area contributed by atoms with Crippen LogP contribution in [-0.4, -0.2) is 96.7 Å². The highest BCUT2D eigenvalue weighted by atomic mass is 19.4. The van der Waals surface area contributed by atoms with Crippen molar-refractivity contribution in [2.45, 2.75) is 51.4 Å². The molecule has 16 heteroatoms. The summed E-state index contributed by atoms with van der Waals surface area (Å²) in [5.74, 6) is -0.980. The average Bonchev–Trinajstić information content (AvgIpc) is 3.64. The lowest BCUT2D eigenvalue weighted by molar-refractivity contribution is -0.141. The highest BCUT2D eigenvalue weighted by Gasteiger charge is 2.39. The number of nitrogens with one attached hydrogen (secondary N) is 1. The number of benzene rings is 1. The number of alkyl halides is 3. The summed E-state index contributed by atoms with van der Waals surface area (Å²) >= 11 is 0. The fourth-order valence-electron chi connectivity index (χ4n) is 5.88. The molecule has 13 nitrogen and oxygen atoms in total. The van der Waals surface area contributed by atoms with Gasteiger partial charge in [0.15, 0.2) is 11.5 Å². The largest absolute Gasteiger partial charge is 0.435 e. The van der Waals surface area contributed by atoms with Gasteiger partial charge >= 0.3 is 12.2 Å². The maximum atomic E-state index is 13.7. The van der Waals surface area contributed by atoms with Gasteiger partial charge in [-0.2, -0.15) is 23.5 Å². The number of rotatable bonds is 6. The molecule has 0 spiro atoms. The monoisotopic (exact) mass is 654 g/mol. The number of halogens is 3. The van der Waals surface area contributed by atoms with Crippen LogP contribution in [0.2, 0.25) is 0 Å². The summed E-state index contributed by atoms with van der Waals surface area (Å²) in [7, 11) is 1.41. The summed E-state index contributed by atoms with van der Waals surface area (Å²) in [5, 5.41) is 15.1. The molecule has 0 atom stereocenters. The summed E-state index contributed by atoms with van der Waals surface area (Å²) in [5.41, 5.74) is 6.01. The number of hydrogen-bond donors (Lipinski definition) is 2. The van der Waals surface area contributed by atoms with Crippen LogP contribution in [0, 0.1) is 11.3 Å². The first-order chi connectivity index (χ1) is 22.2. The molecule has 3 N–H and O–H groups in total. The van der Waals surface area contributed by atoms with Crippen LogP contribution in [-0.2, 0) is 26.2 Å². The molecule has 2 aliphatic rings. The highest BCUT2D eigenvalue weighted by molar-refractivity contribution is 6.03. The standard InChI is InChI=1S/C31H37F3N10O3/c1-4-20-17-21(38-27(45)26-37-18-24(40(26)3)23-19-44(12-9-35)39-25(23)31(32,33)34)5-6-22(20)28(46)41-13-15-43(16-14-41)29(47)42-10-7-30(2,36)8-11-42/h5-6,17-19H,4,7-8,10-16,36H2,1-3H3,(H,38,45). The number of hydrogen-bond acceptors (Lipinski definition) is 7. The lowest BCUT2D eigenvalue weighted by atomic mass is 9.91. The second kappa shape index (κ2) is 13.1. The third kappa shape index (κ3) is 7.09. The number of aryl methyl sites for hydroxylation is 1. The topological polar surface area (TPSA) is 158 Å². The Hall–Kier alpha value is -4.91. The molecule has 0 radical (unpaired) electrons. The van der Waals surface area contributed by atoms with Crippen molar-refractivity contribution in [3.63, 3.8) is 0 Å². The van der Waals surface area contributed by atoms with Crippen molar-refractivity contribution in [2.75, 3.05) is 44.6 Å². The number of nitrogens with two attached hydrogens (primary N) is 1. The Morgan fingerprint density at radius 2 is 1.70 bits per heavy atom. The van der Waals surface area contributed by atoms with Crippen LogP contribution in [0.1, 0.15) is 58.9 Å². The van der Waals surface area contributed by atoms with Gasteiger partial charge in [-0.25, -0.2) is 9.78 Å². The maximum absolute atomic E-state index is 13.7. The first-order valence-corrected chi connectivity index (χ1v) is 15.3. The quantitative estimate of drug-likeness (QED) is 0.413. The van der Waals surface area contributed by atoms with Crippen molar-refractivity contribution < 1.29 is 27.6 Å². The van der Waals surface area contributed by atoms with E-state index in [-0.39, 0.29) is 41.1 Å². The molecular formula is C31H37F3N10O3. The molecule has 2 saturated heterocycles. The van der Waals surface area contributed by atoms with Crippen LogP contribution >= 0.6 is 0 Å². The minimum Gasteiger partial charge on any atom is -0.335 e. The van der Waals surface area contributed by atoms with E-state index in [1.54, 1.807) is 34.1 Å². The number of urea groups is 1. The molecular weight excluding hydrogens is 617 g/mol. The number of likely N-dealkylation sites (tertiary alicyclic amines) is 1. The molecule has 4 heterocycles. The van der Waals surface area contributed by atoms with E-state index in [2.05, 4.69) is 15.4 Å². The SMILES string of the molecule is CCc1cc(NC(=O)c2ncc(-c3cn(CC#N)nc3C(F)(F)F)n2C)ccc1C(=O)N1CCN(C(=O)N2CCC(C)(N)CC2)CC1. The van der Waals surface area contributed by atoms with Crippen molar-refractivity contribution in [3.05, 3.63) is 53.2 Å². The number of imidazole rings is 1. The lowest BCUT2D eigenvalue weighted by Crippen LogP contribution is -2.57. The maximum Gasteiger partial charge on any atom is 0.435 e. The van der Waals surface area contributed by atoms with E-state index in [1.807, 2.05) is 18.7 Å². The van der Waals surface area contributed by atoms with Crippen LogP contribution < -0.4 is 11.1 Å². The summed E-state index contributed by atoms with van der Waals surface area (Å²) in [6.45, 7) is 6.36. The van der Waals surface area contributed by atoms with Gasteiger partial charge in [0.25, 0.3) is 11.8 Å². The fourth-order valence-corrected chi connectivity index (χ4v) is 5.88. The van der Waals surface area contributed by atoms with Gasteiger partial charge < -0.3 is 30.3 Å². The van der Waals surface area contributed by atoms with Crippen molar-refractivity contribution in [1.29, 1.82) is 5.26 Å². The first-order valence-electron chi connectivity index (χ1n) is 15.3. The zero-order chi connectivity index (χ0) is 34.1. The molecule has 2 fully saturated rings. The van der Waals surface area contributed by atoms with E-state index in [0.29, 0.717) is 62.5 Å². The smallest absolute Gasteiger partial charge is 0.335 e. The Balaban J connectivity index is 1.24. The minimum absolute atomic E-state index is 0.00173. The second-order valence-corrected chi connectivity index (χ2v) is 12.2. The van der Waals surface area contributed by atoms with Gasteiger partial charge in [0.1, 0.15) is 6.54 Å². The van der Waals surface area contributed by atoms with Gasteiger partial charge in [-0.05, 0) is 49.9 Å². The summed E-state index contributed by atoms with van der Waals surface area (Å²) in [6.07, 6.45) is -0.559. The van der Waals surface area contributed by atoms with Crippen molar-refractivity contribution in [2.24, 2.45) is 12.8 Å². The Morgan fingerprint density at radius 1 is 1.06 bits per heavy atom. The second-order valence-electron chi connectivity index (χ2n) is 12.2. The highest BCUT2D eigenvalue weighted by Crippen LogP contribution is 2.36. The number of aromatic nitrogens is 4. The molecule has 0 aliphatic carbocycles. The van der Waals surface area contributed by atoms with Gasteiger partial charge in [-0.1, -0.05) is 6.92 Å². The predicted molar refractivity (Wildman–Crippen MR) is 165 cm³/mol. The van der Waals surface area contributed by atoms with Gasteiger partial charge in [0.05, 0.1) is 23.5 Å². The third-order valence-electron chi connectivity index (χ3n) is 8.72. The molecule has 47 heavy (non-hydrogen) atoms. The predicted octanol–water partition coefficient (Wildman–Crippen LogP) is 3.33. The van der Waals surface area contributed by atoms with Crippen LogP contribution in [0.5, 0.6) is 0 Å². The molecule has 5 rings (SSSR count). The number of amides is 4. The van der Waals surface area contributed by atoms with Gasteiger partial charge in [-0.3, -0.25) is 14.3 Å². The third-order valence-corrected chi connectivity index (χ3v) is 8.72. The molecule has 0 unspecified atom stereocenters. The van der Waals surface area contributed by atoms with Gasteiger partial charge in [0, 0.05) is 69.3 Å². The lowest BCUT2D eigenvalue weighted by Gasteiger charge is -2.41. The molecule has 4 amide bonds. The molecule has 3 aromatic rings. The van der Waals surface area contributed by atoms with Gasteiger partial charge in [0.2, 0.25) is 0 Å². The molecule has 1 aromatic carbocycles. The molecule has 2 aliphatic heterocycles. The zero-order valence-corrected chi connectivity index (χ0v) is 26.5. The van der Waals surface area contributed by atoms with E-state index in [0.717, 1.165) is 29.9 Å². The Labute approximate surface area is 269 Å². The summed E-state index contributed by atoms with van der Waals surface area (Å²) < 4.78 is 43.1. The van der Waals surface area contributed by atoms with Crippen molar-refractivity contribution >= 4 is 23.5 Å². The number of piperazine rings is 1. The normalized spacial score (nSPS) is 16.6. The number of nitrogens with zero attached hydrogens (tertiary/aromatic N) is 8. The van der Waals surface area contributed by atoms with Crippen molar-refractivity contribution in [3.8, 4) is 17.3 Å². The van der Waals surface area contributed by atoms with E-state index >= 15 is 0 Å². The van der Waals surface area contributed by atoms with Crippen LogP contribution in [0.15, 0.2) is 30.6 Å². The Bertz CT molecular complexity index is 1700. The van der Waals surface area contributed by atoms with Crippen LogP contribution in [0.4, 0.5) is 23.7 Å². The summed E-state index contributed by atoms with van der Waals surface area (Å²) in [6, 6.07) is 6.63. The Morgan fingerprint density at radius 3 is 2.32 bits per heavy atom. The van der Waals surface area contributed by atoms with Crippen LogP contribution in [0.3, 0.4) is 0 Å². The van der Waals surface area contributed by atoms with Crippen LogP contribution in [0.25, 0.3) is 11.3 Å². The minimum atomic E-state index is -4.79. The number of piperidine rings is 1. The number of anilines is 1. The van der Waals surface area contributed by atoms with E-state index in [1.165, 1.54) is 11.6 Å². The van der Waals surface area contributed by atoms with E-state index in [4.69, 9.17) is 11.0 Å². The zero-order valence-electron chi connectivity index (χ0n) is 26.5. The fraction of sp³-hybridized carbons (Fsp3) is 0.484. The number of carbonyl (C=O) groups excluding carboxylic acids is 3. The Kier molecular flexibility index (Phi) is 9.30. The van der Waals surface area contributed by atoms with E-state index < -0.39 is 17.8 Å². The van der Waals surface area contributed by atoms with Crippen molar-refractivity contribution in [1.82, 2.24) is 34.0 Å². The van der Waals surface area contributed by atoms with Gasteiger partial charge in [-0.15, -0.1) is 0 Å².